The zero-order chi connectivity index (χ0) is 17.4. The van der Waals surface area contributed by atoms with E-state index >= 15 is 0 Å². The van der Waals surface area contributed by atoms with Crippen molar-refractivity contribution in [2.24, 2.45) is 5.92 Å². The molecule has 2 N–H and O–H groups in total. The molecule has 0 unspecified atom stereocenters. The lowest BCUT2D eigenvalue weighted by molar-refractivity contribution is 0.0527. The van der Waals surface area contributed by atoms with Gasteiger partial charge < -0.3 is 15.4 Å². The maximum atomic E-state index is 12.0. The second-order valence-corrected chi connectivity index (χ2v) is 5.77. The molecule has 0 aliphatic rings. The molecule has 0 bridgehead atoms. The molecule has 1 aromatic carbocycles. The Morgan fingerprint density at radius 3 is 2.79 bits per heavy atom. The first kappa shape index (κ1) is 17.7. The Labute approximate surface area is 142 Å². The number of benzene rings is 1. The lowest BCUT2D eigenvalue weighted by Gasteiger charge is -2.12. The molecule has 0 aliphatic carbocycles. The van der Waals surface area contributed by atoms with Crippen molar-refractivity contribution in [1.82, 2.24) is 9.97 Å². The van der Waals surface area contributed by atoms with Gasteiger partial charge in [-0.25, -0.2) is 9.78 Å². The van der Waals surface area contributed by atoms with Crippen molar-refractivity contribution in [3.63, 3.8) is 0 Å². The van der Waals surface area contributed by atoms with Crippen LogP contribution in [-0.4, -0.2) is 29.1 Å². The first-order chi connectivity index (χ1) is 11.6. The highest BCUT2D eigenvalue weighted by Crippen LogP contribution is 2.21. The van der Waals surface area contributed by atoms with Gasteiger partial charge in [-0.15, -0.1) is 0 Å². The zero-order valence-corrected chi connectivity index (χ0v) is 14.4. The van der Waals surface area contributed by atoms with Crippen molar-refractivity contribution >= 4 is 23.4 Å². The number of para-hydroxylation sites is 1. The Hall–Kier alpha value is -2.63. The molecule has 0 aliphatic heterocycles. The summed E-state index contributed by atoms with van der Waals surface area (Å²) in [5.74, 6) is 1.45. The molecule has 6 nitrogen and oxygen atoms in total. The average molecular weight is 328 g/mol. The molecule has 128 valence electrons. The minimum absolute atomic E-state index is 0.338. The smallest absolute Gasteiger partial charge is 0.340 e. The molecule has 1 heterocycles. The second kappa shape index (κ2) is 8.86. The van der Waals surface area contributed by atoms with Crippen LogP contribution in [0.3, 0.4) is 0 Å². The molecule has 0 amide bonds. The number of carbonyl (C=O) groups is 1. The fraction of sp³-hybridized carbons (Fsp3) is 0.389. The van der Waals surface area contributed by atoms with Gasteiger partial charge in [-0.3, -0.25) is 0 Å². The molecular weight excluding hydrogens is 304 g/mol. The SMILES string of the molecule is CCOC(=O)c1ccccc1Nc1ccnc(NCCC(C)C)n1. The van der Waals surface area contributed by atoms with Crippen LogP contribution in [0.1, 0.15) is 37.6 Å². The third-order valence-electron chi connectivity index (χ3n) is 3.35. The highest BCUT2D eigenvalue weighted by molar-refractivity contribution is 5.96. The summed E-state index contributed by atoms with van der Waals surface area (Å²) in [5, 5.41) is 6.37. The molecule has 24 heavy (non-hydrogen) atoms. The van der Waals surface area contributed by atoms with Crippen LogP contribution in [-0.2, 0) is 4.74 Å². The van der Waals surface area contributed by atoms with Gasteiger partial charge in [0.2, 0.25) is 5.95 Å². The van der Waals surface area contributed by atoms with Gasteiger partial charge in [-0.1, -0.05) is 26.0 Å². The number of anilines is 3. The molecule has 1 aromatic heterocycles. The van der Waals surface area contributed by atoms with Crippen LogP contribution in [0.5, 0.6) is 0 Å². The third kappa shape index (κ3) is 5.22. The van der Waals surface area contributed by atoms with Gasteiger partial charge in [0.1, 0.15) is 5.82 Å². The highest BCUT2D eigenvalue weighted by Gasteiger charge is 2.12. The number of hydrogen-bond donors (Lipinski definition) is 2. The maximum absolute atomic E-state index is 12.0. The lowest BCUT2D eigenvalue weighted by Crippen LogP contribution is -2.10. The molecule has 0 radical (unpaired) electrons. The van der Waals surface area contributed by atoms with Crippen LogP contribution in [0.15, 0.2) is 36.5 Å². The number of rotatable bonds is 8. The van der Waals surface area contributed by atoms with Gasteiger partial charge >= 0.3 is 5.97 Å². The van der Waals surface area contributed by atoms with E-state index in [2.05, 4.69) is 34.4 Å². The normalized spacial score (nSPS) is 10.5. The molecule has 0 atom stereocenters. The summed E-state index contributed by atoms with van der Waals surface area (Å²) in [6.45, 7) is 7.29. The number of esters is 1. The quantitative estimate of drug-likeness (QED) is 0.717. The summed E-state index contributed by atoms with van der Waals surface area (Å²) in [5.41, 5.74) is 1.13. The van der Waals surface area contributed by atoms with E-state index in [4.69, 9.17) is 4.74 Å². The fourth-order valence-electron chi connectivity index (χ4n) is 2.10. The molecule has 0 saturated heterocycles. The maximum Gasteiger partial charge on any atom is 0.340 e. The van der Waals surface area contributed by atoms with E-state index in [1.54, 1.807) is 31.3 Å². The number of ether oxygens (including phenoxy) is 1. The van der Waals surface area contributed by atoms with Crippen LogP contribution < -0.4 is 10.6 Å². The number of aromatic nitrogens is 2. The average Bonchev–Trinajstić information content (AvgIpc) is 2.55. The highest BCUT2D eigenvalue weighted by atomic mass is 16.5. The third-order valence-corrected chi connectivity index (χ3v) is 3.35. The first-order valence-corrected chi connectivity index (χ1v) is 8.20. The van der Waals surface area contributed by atoms with Gasteiger partial charge in [0.25, 0.3) is 0 Å². The largest absolute Gasteiger partial charge is 0.462 e. The Kier molecular flexibility index (Phi) is 6.54. The van der Waals surface area contributed by atoms with Crippen molar-refractivity contribution in [3.8, 4) is 0 Å². The summed E-state index contributed by atoms with van der Waals surface area (Å²) in [6, 6.07) is 8.96. The minimum atomic E-state index is -0.357. The van der Waals surface area contributed by atoms with Crippen molar-refractivity contribution in [2.45, 2.75) is 27.2 Å². The number of carbonyl (C=O) groups excluding carboxylic acids is 1. The van der Waals surface area contributed by atoms with Gasteiger partial charge in [0.15, 0.2) is 0 Å². The van der Waals surface area contributed by atoms with E-state index in [0.717, 1.165) is 13.0 Å². The van der Waals surface area contributed by atoms with Crippen LogP contribution in [0.4, 0.5) is 17.5 Å². The van der Waals surface area contributed by atoms with Crippen LogP contribution in [0.2, 0.25) is 0 Å². The van der Waals surface area contributed by atoms with E-state index in [1.807, 2.05) is 12.1 Å². The summed E-state index contributed by atoms with van der Waals surface area (Å²) >= 11 is 0. The number of nitrogens with zero attached hydrogens (tertiary/aromatic N) is 2. The van der Waals surface area contributed by atoms with Crippen molar-refractivity contribution in [3.05, 3.63) is 42.1 Å². The Morgan fingerprint density at radius 1 is 1.25 bits per heavy atom. The Morgan fingerprint density at radius 2 is 2.04 bits per heavy atom. The van der Waals surface area contributed by atoms with Gasteiger partial charge in [0, 0.05) is 12.7 Å². The molecule has 6 heteroatoms. The van der Waals surface area contributed by atoms with E-state index in [1.165, 1.54) is 0 Å². The summed E-state index contributed by atoms with van der Waals surface area (Å²) < 4.78 is 5.08. The van der Waals surface area contributed by atoms with Crippen molar-refractivity contribution in [2.75, 3.05) is 23.8 Å². The molecular formula is C18H24N4O2. The fourth-order valence-corrected chi connectivity index (χ4v) is 2.10. The van der Waals surface area contributed by atoms with Crippen LogP contribution >= 0.6 is 0 Å². The molecule has 0 saturated carbocycles. The first-order valence-electron chi connectivity index (χ1n) is 8.20. The Bertz CT molecular complexity index is 674. The Balaban J connectivity index is 2.10. The second-order valence-electron chi connectivity index (χ2n) is 5.77. The van der Waals surface area contributed by atoms with E-state index in [-0.39, 0.29) is 5.97 Å². The van der Waals surface area contributed by atoms with Gasteiger partial charge in [-0.05, 0) is 37.5 Å². The zero-order valence-electron chi connectivity index (χ0n) is 14.4. The predicted molar refractivity (Wildman–Crippen MR) is 95.7 cm³/mol. The standard InChI is InChI=1S/C18H24N4O2/c1-4-24-17(23)14-7-5-6-8-15(14)21-16-10-12-20-18(22-16)19-11-9-13(2)3/h5-8,10,12-13H,4,9,11H2,1-3H3,(H2,19,20,21,22). The summed E-state index contributed by atoms with van der Waals surface area (Å²) in [6.07, 6.45) is 2.73. The number of nitrogens with one attached hydrogen (secondary N) is 2. The molecule has 2 aromatic rings. The predicted octanol–water partition coefficient (Wildman–Crippen LogP) is 3.85. The van der Waals surface area contributed by atoms with Crippen LogP contribution in [0.25, 0.3) is 0 Å². The monoisotopic (exact) mass is 328 g/mol. The number of hydrogen-bond acceptors (Lipinski definition) is 6. The molecule has 0 spiro atoms. The summed E-state index contributed by atoms with van der Waals surface area (Å²) in [4.78, 5) is 20.7. The van der Waals surface area contributed by atoms with E-state index < -0.39 is 0 Å². The van der Waals surface area contributed by atoms with Gasteiger partial charge in [-0.2, -0.15) is 4.98 Å². The topological polar surface area (TPSA) is 76.1 Å². The van der Waals surface area contributed by atoms with E-state index in [0.29, 0.717) is 35.5 Å². The van der Waals surface area contributed by atoms with Crippen molar-refractivity contribution in [1.29, 1.82) is 0 Å². The van der Waals surface area contributed by atoms with Gasteiger partial charge in [0.05, 0.1) is 17.9 Å². The molecule has 2 rings (SSSR count). The van der Waals surface area contributed by atoms with Crippen molar-refractivity contribution < 1.29 is 9.53 Å². The van der Waals surface area contributed by atoms with E-state index in [9.17, 15) is 4.79 Å². The molecule has 0 fully saturated rings. The minimum Gasteiger partial charge on any atom is -0.462 e. The summed E-state index contributed by atoms with van der Waals surface area (Å²) in [7, 11) is 0. The lowest BCUT2D eigenvalue weighted by atomic mass is 10.1. The van der Waals surface area contributed by atoms with Crippen LogP contribution in [0, 0.1) is 5.92 Å².